The molecule has 2 aromatic heterocycles. The molecular formula is C30H34F3LiN5O2-. The smallest absolute Gasteiger partial charge is 0.518 e. The van der Waals surface area contributed by atoms with Gasteiger partial charge in [0.05, 0.1) is 23.4 Å². The molecule has 2 atom stereocenters. The number of fused-ring (bicyclic) bond motifs is 1. The summed E-state index contributed by atoms with van der Waals surface area (Å²) in [4.78, 5) is 17.1. The van der Waals surface area contributed by atoms with Gasteiger partial charge in [0.15, 0.2) is 0 Å². The number of imidazole rings is 1. The molecule has 3 aromatic rings. The van der Waals surface area contributed by atoms with Crippen molar-refractivity contribution in [3.05, 3.63) is 88.1 Å². The number of aromatic nitrogens is 2. The third-order valence-electron chi connectivity index (χ3n) is 8.36. The van der Waals surface area contributed by atoms with Gasteiger partial charge in [0.25, 0.3) is 0 Å². The van der Waals surface area contributed by atoms with Crippen molar-refractivity contribution in [2.45, 2.75) is 56.8 Å². The number of likely N-dealkylation sites (tertiary alicyclic amines) is 1. The number of halogens is 3. The Morgan fingerprint density at radius 1 is 1.22 bits per heavy atom. The molecule has 0 bridgehead atoms. The quantitative estimate of drug-likeness (QED) is 0.175. The normalized spacial score (nSPS) is 18.6. The number of amidine groups is 1. The zero-order chi connectivity index (χ0) is 28.6. The van der Waals surface area contributed by atoms with Crippen LogP contribution in [0.3, 0.4) is 0 Å². The van der Waals surface area contributed by atoms with E-state index in [9.17, 15) is 23.4 Å². The van der Waals surface area contributed by atoms with Gasteiger partial charge in [-0.1, -0.05) is 31.4 Å². The summed E-state index contributed by atoms with van der Waals surface area (Å²) in [5.74, 6) is -0.0464. The Morgan fingerprint density at radius 3 is 2.61 bits per heavy atom. The van der Waals surface area contributed by atoms with Crippen LogP contribution >= 0.6 is 0 Å². The Bertz CT molecular complexity index is 1460. The van der Waals surface area contributed by atoms with Crippen molar-refractivity contribution < 1.29 is 36.8 Å². The van der Waals surface area contributed by atoms with Crippen LogP contribution in [0.4, 0.5) is 13.2 Å². The number of rotatable bonds is 9. The first-order valence-electron chi connectivity index (χ1n) is 13.6. The minimum Gasteiger partial charge on any atom is -0.518 e. The summed E-state index contributed by atoms with van der Waals surface area (Å²) >= 11 is 0. The molecular weight excluding hydrogens is 526 g/mol. The fourth-order valence-electron chi connectivity index (χ4n) is 6.03. The number of pyridine rings is 1. The van der Waals surface area contributed by atoms with Crippen LogP contribution in [0.25, 0.3) is 16.6 Å². The zero-order valence-corrected chi connectivity index (χ0v) is 23.8. The van der Waals surface area contributed by atoms with Crippen molar-refractivity contribution in [1.82, 2.24) is 18.8 Å². The predicted molar refractivity (Wildman–Crippen MR) is 148 cm³/mol. The van der Waals surface area contributed by atoms with Gasteiger partial charge in [0.1, 0.15) is 0 Å². The van der Waals surface area contributed by atoms with Gasteiger partial charge in [-0.2, -0.15) is 13.2 Å². The van der Waals surface area contributed by atoms with E-state index >= 15 is 0 Å². The van der Waals surface area contributed by atoms with Gasteiger partial charge >= 0.3 is 30.7 Å². The summed E-state index contributed by atoms with van der Waals surface area (Å²) in [5, 5.41) is 10.9. The molecule has 41 heavy (non-hydrogen) atoms. The van der Waals surface area contributed by atoms with Gasteiger partial charge in [-0.05, 0) is 67.5 Å². The van der Waals surface area contributed by atoms with E-state index in [2.05, 4.69) is 4.90 Å². The minimum absolute atomic E-state index is 0. The summed E-state index contributed by atoms with van der Waals surface area (Å²) in [6.45, 7) is 7.21. The van der Waals surface area contributed by atoms with E-state index < -0.39 is 17.4 Å². The monoisotopic (exact) mass is 560 g/mol. The van der Waals surface area contributed by atoms with Crippen molar-refractivity contribution in [1.29, 1.82) is 0 Å². The first-order valence-corrected chi connectivity index (χ1v) is 13.6. The van der Waals surface area contributed by atoms with E-state index in [0.717, 1.165) is 54.7 Å². The van der Waals surface area contributed by atoms with Crippen LogP contribution in [-0.2, 0) is 17.5 Å². The molecule has 214 valence electrons. The van der Waals surface area contributed by atoms with Gasteiger partial charge in [-0.25, -0.2) is 4.79 Å². The second kappa shape index (κ2) is 12.6. The van der Waals surface area contributed by atoms with Gasteiger partial charge in [0.2, 0.25) is 0 Å². The molecule has 1 aliphatic carbocycles. The fraction of sp³-hybridized carbons (Fsp3) is 0.467. The molecule has 0 radical (unpaired) electrons. The number of alkyl halides is 3. The van der Waals surface area contributed by atoms with Crippen LogP contribution in [0.1, 0.15) is 54.7 Å². The Balaban J connectivity index is 0.00000387. The van der Waals surface area contributed by atoms with E-state index in [0.29, 0.717) is 24.4 Å². The first-order chi connectivity index (χ1) is 19.1. The Hall–Kier alpha value is -2.77. The van der Waals surface area contributed by atoms with Gasteiger partial charge in [-0.15, -0.1) is 0 Å². The number of hydrogen-bond acceptors (Lipinski definition) is 3. The predicted octanol–water partition coefficient (Wildman–Crippen LogP) is 2.45. The van der Waals surface area contributed by atoms with Gasteiger partial charge < -0.3 is 21.6 Å². The molecule has 11 heteroatoms. The van der Waals surface area contributed by atoms with Crippen LogP contribution in [0.15, 0.2) is 53.7 Å². The molecule has 0 spiro atoms. The number of methoxy groups -OCH3 is 1. The van der Waals surface area contributed by atoms with E-state index in [1.165, 1.54) is 28.1 Å². The average molecular weight is 561 g/mol. The second-order valence-corrected chi connectivity index (χ2v) is 10.9. The molecule has 1 unspecified atom stereocenters. The number of hydrogen-bond donors (Lipinski definition) is 0. The molecule has 1 saturated carbocycles. The molecule has 2 fully saturated rings. The number of nitrogens with zero attached hydrogens (tertiary/aromatic N) is 5. The van der Waals surface area contributed by atoms with E-state index in [-0.39, 0.29) is 48.1 Å². The molecule has 7 nitrogen and oxygen atoms in total. The van der Waals surface area contributed by atoms with Crippen molar-refractivity contribution in [3.8, 4) is 5.69 Å². The Morgan fingerprint density at radius 2 is 1.98 bits per heavy atom. The molecule has 0 N–H and O–H groups in total. The number of likely N-dealkylation sites (N-methyl/N-ethyl adjacent to an activating group) is 1. The van der Waals surface area contributed by atoms with Gasteiger partial charge in [-0.3, -0.25) is 20.1 Å². The topological polar surface area (TPSA) is 64.4 Å². The molecule has 1 aromatic carbocycles. The summed E-state index contributed by atoms with van der Waals surface area (Å²) in [7, 11) is 3.27. The van der Waals surface area contributed by atoms with E-state index in [1.807, 2.05) is 6.07 Å². The van der Waals surface area contributed by atoms with Crippen LogP contribution in [0.5, 0.6) is 0 Å². The SMILES string of the molecule is [CH-]=CN(C)C(=[N-])C(c1cccc(-n2cc3c(C(F)(F)F)cc(CN4CCC[C@H]4COC)cn3c2=O)c1)C1CCC1.[Li+]. The molecule has 1 saturated heterocycles. The summed E-state index contributed by atoms with van der Waals surface area (Å²) in [6, 6.07) is 8.34. The second-order valence-electron chi connectivity index (χ2n) is 10.9. The standard InChI is InChI=1S/C30H34F3N5O2.Li/c1-4-35(2)28(34)27(21-8-5-9-21)22-10-6-11-23(15-22)37-18-26-25(30(31,32)33)14-20(17-38(26)29(37)39)16-36-13-7-12-24(36)19-40-3;/h1,4,6,10-11,14-15,17-18,21,24,27H,5,7-9,12-13,16,19H2,2-3H3;/q-2;+1/t24-,27?;/m0./s1. The summed E-state index contributed by atoms with van der Waals surface area (Å²) < 4.78 is 50.4. The van der Waals surface area contributed by atoms with Crippen molar-refractivity contribution in [2.24, 2.45) is 5.92 Å². The third kappa shape index (κ3) is 6.21. The van der Waals surface area contributed by atoms with E-state index in [4.69, 9.17) is 11.3 Å². The molecule has 2 aliphatic rings. The fourth-order valence-corrected chi connectivity index (χ4v) is 6.03. The average Bonchev–Trinajstić information content (AvgIpc) is 3.48. The van der Waals surface area contributed by atoms with Gasteiger partial charge in [0, 0.05) is 38.0 Å². The first kappa shape index (κ1) is 31.2. The summed E-state index contributed by atoms with van der Waals surface area (Å²) in [5.41, 5.74) is -0.0262. The van der Waals surface area contributed by atoms with Crippen LogP contribution in [0, 0.1) is 12.5 Å². The van der Waals surface area contributed by atoms with Crippen molar-refractivity contribution in [3.63, 3.8) is 0 Å². The maximum Gasteiger partial charge on any atom is 1.00 e. The zero-order valence-electron chi connectivity index (χ0n) is 23.8. The largest absolute Gasteiger partial charge is 1.00 e. The molecule has 1 aliphatic heterocycles. The summed E-state index contributed by atoms with van der Waals surface area (Å²) in [6.07, 6.45) is 4.20. The molecule has 5 rings (SSSR count). The minimum atomic E-state index is -4.64. The molecule has 0 amide bonds. The third-order valence-corrected chi connectivity index (χ3v) is 8.36. The number of benzene rings is 1. The van der Waals surface area contributed by atoms with Crippen LogP contribution in [0.2, 0.25) is 0 Å². The maximum atomic E-state index is 14.2. The number of ether oxygens (including phenoxy) is 1. The van der Waals surface area contributed by atoms with Crippen molar-refractivity contribution in [2.75, 3.05) is 27.3 Å². The Labute approximate surface area is 250 Å². The Kier molecular flexibility index (Phi) is 9.59. The maximum absolute atomic E-state index is 14.2. The van der Waals surface area contributed by atoms with E-state index in [1.54, 1.807) is 32.4 Å². The van der Waals surface area contributed by atoms with Crippen LogP contribution in [-0.4, -0.2) is 58.0 Å². The van der Waals surface area contributed by atoms with Crippen LogP contribution < -0.4 is 24.6 Å². The van der Waals surface area contributed by atoms with Crippen molar-refractivity contribution >= 4 is 11.4 Å². The molecule has 3 heterocycles.